The summed E-state index contributed by atoms with van der Waals surface area (Å²) in [5.41, 5.74) is 1.17. The predicted molar refractivity (Wildman–Crippen MR) is 103 cm³/mol. The second-order valence-corrected chi connectivity index (χ2v) is 9.28. The molecule has 1 aromatic carbocycles. The summed E-state index contributed by atoms with van der Waals surface area (Å²) in [6.07, 6.45) is 4.43. The largest absolute Gasteiger partial charge is 0.400 e. The first-order chi connectivity index (χ1) is 14.5. The highest BCUT2D eigenvalue weighted by Gasteiger charge is 2.35. The lowest BCUT2D eigenvalue weighted by atomic mass is 10.2. The van der Waals surface area contributed by atoms with Crippen molar-refractivity contribution >= 4 is 27.0 Å². The standard InChI is InChI=1S/C18H12ClF4N5O2S/c1-31(29,14-3-2-11(20)7-13(14)21)24-8-12-9-28-5-4-10(6-15(28)25-12)16-26-17(30-27-16)18(19,22)23/h2-7,9H,8H2,1H3. The minimum absolute atomic E-state index is 0.101. The molecule has 0 N–H and O–H groups in total. The SMILES string of the molecule is CS(=O)(=NCc1cn2ccc(-c3noc(C(F)(F)Cl)n3)cc2n1)c1ccc(F)cc1F. The molecule has 0 saturated heterocycles. The molecule has 31 heavy (non-hydrogen) atoms. The summed E-state index contributed by atoms with van der Waals surface area (Å²) in [6.45, 7) is -0.103. The normalized spacial score (nSPS) is 14.0. The summed E-state index contributed by atoms with van der Waals surface area (Å²) in [5, 5.41) is -0.306. The number of pyridine rings is 1. The molecule has 0 aliphatic carbocycles. The summed E-state index contributed by atoms with van der Waals surface area (Å²) in [4.78, 5) is 7.68. The fourth-order valence-electron chi connectivity index (χ4n) is 2.75. The Morgan fingerprint density at radius 1 is 1.23 bits per heavy atom. The Morgan fingerprint density at radius 2 is 2.00 bits per heavy atom. The van der Waals surface area contributed by atoms with Crippen molar-refractivity contribution in [1.29, 1.82) is 0 Å². The minimum atomic E-state index is -3.78. The van der Waals surface area contributed by atoms with E-state index in [1.807, 2.05) is 0 Å². The van der Waals surface area contributed by atoms with Gasteiger partial charge < -0.3 is 8.92 Å². The molecule has 3 heterocycles. The van der Waals surface area contributed by atoms with Gasteiger partial charge in [0, 0.05) is 30.3 Å². The second-order valence-electron chi connectivity index (χ2n) is 6.50. The van der Waals surface area contributed by atoms with Crippen LogP contribution in [0.5, 0.6) is 0 Å². The number of hydrogen-bond donors (Lipinski definition) is 0. The van der Waals surface area contributed by atoms with Crippen molar-refractivity contribution in [3.63, 3.8) is 0 Å². The van der Waals surface area contributed by atoms with Crippen LogP contribution in [0.3, 0.4) is 0 Å². The van der Waals surface area contributed by atoms with E-state index >= 15 is 0 Å². The summed E-state index contributed by atoms with van der Waals surface area (Å²) < 4.78 is 76.1. The van der Waals surface area contributed by atoms with Gasteiger partial charge in [-0.2, -0.15) is 13.8 Å². The molecule has 0 aliphatic heterocycles. The number of benzene rings is 1. The number of alkyl halides is 3. The van der Waals surface area contributed by atoms with Crippen LogP contribution in [0.15, 0.2) is 56.5 Å². The molecule has 0 radical (unpaired) electrons. The molecule has 162 valence electrons. The molecule has 1 atom stereocenters. The molecule has 0 fully saturated rings. The van der Waals surface area contributed by atoms with Gasteiger partial charge in [-0.1, -0.05) is 5.16 Å². The third-order valence-corrected chi connectivity index (χ3v) is 6.14. The van der Waals surface area contributed by atoms with Crippen LogP contribution in [0, 0.1) is 11.6 Å². The number of rotatable bonds is 5. The Morgan fingerprint density at radius 3 is 2.68 bits per heavy atom. The van der Waals surface area contributed by atoms with Gasteiger partial charge in [-0.05, 0) is 35.9 Å². The summed E-state index contributed by atoms with van der Waals surface area (Å²) in [6, 6.07) is 5.81. The molecule has 0 amide bonds. The first-order valence-corrected chi connectivity index (χ1v) is 10.8. The van der Waals surface area contributed by atoms with Crippen molar-refractivity contribution in [2.24, 2.45) is 4.36 Å². The van der Waals surface area contributed by atoms with Gasteiger partial charge in [0.05, 0.1) is 26.9 Å². The van der Waals surface area contributed by atoms with Crippen LogP contribution in [0.2, 0.25) is 0 Å². The molecule has 3 aromatic heterocycles. The quantitative estimate of drug-likeness (QED) is 0.312. The molecule has 4 rings (SSSR count). The van der Waals surface area contributed by atoms with Crippen molar-refractivity contribution in [3.8, 4) is 11.4 Å². The van der Waals surface area contributed by atoms with E-state index < -0.39 is 32.6 Å². The van der Waals surface area contributed by atoms with Crippen molar-refractivity contribution in [2.75, 3.05) is 6.26 Å². The van der Waals surface area contributed by atoms with Gasteiger partial charge in [0.25, 0.3) is 0 Å². The van der Waals surface area contributed by atoms with Gasteiger partial charge in [0.2, 0.25) is 5.82 Å². The van der Waals surface area contributed by atoms with Gasteiger partial charge in [-0.15, -0.1) is 0 Å². The third-order valence-electron chi connectivity index (χ3n) is 4.21. The molecular formula is C18H12ClF4N5O2S. The zero-order valence-electron chi connectivity index (χ0n) is 15.6. The molecule has 0 aliphatic rings. The van der Waals surface area contributed by atoms with E-state index in [0.29, 0.717) is 23.0 Å². The lowest BCUT2D eigenvalue weighted by molar-refractivity contribution is 0.0551. The Labute approximate surface area is 177 Å². The van der Waals surface area contributed by atoms with Gasteiger partial charge >= 0.3 is 11.3 Å². The number of nitrogens with zero attached hydrogens (tertiary/aromatic N) is 5. The highest BCUT2D eigenvalue weighted by molar-refractivity contribution is 7.93. The molecule has 0 spiro atoms. The molecule has 13 heteroatoms. The molecule has 4 aromatic rings. The minimum Gasteiger partial charge on any atom is -0.331 e. The van der Waals surface area contributed by atoms with Crippen molar-refractivity contribution in [1.82, 2.24) is 19.5 Å². The molecule has 0 bridgehead atoms. The van der Waals surface area contributed by atoms with Crippen LogP contribution < -0.4 is 0 Å². The van der Waals surface area contributed by atoms with Gasteiger partial charge in [-0.3, -0.25) is 0 Å². The van der Waals surface area contributed by atoms with Gasteiger partial charge in [0.1, 0.15) is 17.3 Å². The summed E-state index contributed by atoms with van der Waals surface area (Å²) in [5.74, 6) is -2.86. The average Bonchev–Trinajstić information content (AvgIpc) is 3.32. The van der Waals surface area contributed by atoms with Crippen LogP contribution in [0.4, 0.5) is 17.6 Å². The third kappa shape index (κ3) is 4.39. The van der Waals surface area contributed by atoms with Gasteiger partial charge in [0.15, 0.2) is 0 Å². The fraction of sp³-hybridized carbons (Fsp3) is 0.167. The monoisotopic (exact) mass is 473 g/mol. The zero-order chi connectivity index (χ0) is 22.4. The van der Waals surface area contributed by atoms with Crippen molar-refractivity contribution < 1.29 is 26.3 Å². The topological polar surface area (TPSA) is 85.7 Å². The maximum atomic E-state index is 13.9. The molecular weight excluding hydrogens is 462 g/mol. The first-order valence-electron chi connectivity index (χ1n) is 8.55. The van der Waals surface area contributed by atoms with Crippen LogP contribution in [0.25, 0.3) is 17.0 Å². The van der Waals surface area contributed by atoms with E-state index in [0.717, 1.165) is 12.1 Å². The fourth-order valence-corrected chi connectivity index (χ4v) is 4.08. The predicted octanol–water partition coefficient (Wildman–Crippen LogP) is 4.61. The van der Waals surface area contributed by atoms with Crippen molar-refractivity contribution in [3.05, 3.63) is 65.9 Å². The highest BCUT2D eigenvalue weighted by atomic mass is 35.5. The van der Waals surface area contributed by atoms with Crippen molar-refractivity contribution in [2.45, 2.75) is 16.8 Å². The summed E-state index contributed by atoms with van der Waals surface area (Å²) >= 11 is 4.87. The lowest BCUT2D eigenvalue weighted by Gasteiger charge is -2.05. The second kappa shape index (κ2) is 7.61. The molecule has 7 nitrogen and oxygen atoms in total. The van der Waals surface area contributed by atoms with Crippen LogP contribution in [-0.4, -0.2) is 30.0 Å². The highest BCUT2D eigenvalue weighted by Crippen LogP contribution is 2.32. The lowest BCUT2D eigenvalue weighted by Crippen LogP contribution is -2.03. The molecule has 0 saturated carbocycles. The van der Waals surface area contributed by atoms with Crippen LogP contribution >= 0.6 is 11.6 Å². The maximum Gasteiger partial charge on any atom is 0.400 e. The van der Waals surface area contributed by atoms with E-state index in [-0.39, 0.29) is 17.3 Å². The molecule has 1 unspecified atom stereocenters. The summed E-state index contributed by atoms with van der Waals surface area (Å²) in [7, 11) is -3.14. The number of halogens is 5. The smallest absolute Gasteiger partial charge is 0.331 e. The van der Waals surface area contributed by atoms with E-state index in [2.05, 4.69) is 24.0 Å². The van der Waals surface area contributed by atoms with E-state index in [1.165, 1.54) is 12.3 Å². The van der Waals surface area contributed by atoms with Crippen LogP contribution in [0.1, 0.15) is 11.6 Å². The Kier molecular flexibility index (Phi) is 5.21. The van der Waals surface area contributed by atoms with Gasteiger partial charge in [-0.25, -0.2) is 22.3 Å². The number of hydrogen-bond acceptors (Lipinski definition) is 6. The Balaban J connectivity index is 1.62. The Bertz CT molecular complexity index is 1410. The van der Waals surface area contributed by atoms with E-state index in [9.17, 15) is 21.8 Å². The number of aromatic nitrogens is 4. The van der Waals surface area contributed by atoms with E-state index in [4.69, 9.17) is 11.6 Å². The first kappa shape index (κ1) is 21.2. The Hall–Kier alpha value is -2.99. The number of fused-ring (bicyclic) bond motifs is 1. The van der Waals surface area contributed by atoms with Crippen LogP contribution in [-0.2, 0) is 21.7 Å². The van der Waals surface area contributed by atoms with E-state index in [1.54, 1.807) is 22.9 Å². The number of imidazole rings is 1. The average molecular weight is 474 g/mol. The maximum absolute atomic E-state index is 13.9. The zero-order valence-corrected chi connectivity index (χ0v) is 17.2.